The van der Waals surface area contributed by atoms with Gasteiger partial charge in [0.1, 0.15) is 5.75 Å². The molecule has 24 heavy (non-hydrogen) atoms. The molecule has 0 saturated carbocycles. The predicted octanol–water partition coefficient (Wildman–Crippen LogP) is 4.28. The van der Waals surface area contributed by atoms with Crippen LogP contribution in [0.4, 0.5) is 0 Å². The lowest BCUT2D eigenvalue weighted by Gasteiger charge is -2.27. The van der Waals surface area contributed by atoms with Gasteiger partial charge in [0.15, 0.2) is 0 Å². The average molecular weight is 413 g/mol. The first kappa shape index (κ1) is 18.8. The van der Waals surface area contributed by atoms with Crippen LogP contribution >= 0.6 is 27.5 Å². The molecule has 0 heterocycles. The molecule has 0 saturated heterocycles. The second kappa shape index (κ2) is 8.51. The Kier molecular flexibility index (Phi) is 6.66. The van der Waals surface area contributed by atoms with Crippen molar-refractivity contribution in [1.29, 1.82) is 0 Å². The van der Waals surface area contributed by atoms with Crippen molar-refractivity contribution in [3.63, 3.8) is 0 Å². The number of methoxy groups -OCH3 is 1. The number of hydrogen-bond donors (Lipinski definition) is 2. The van der Waals surface area contributed by atoms with E-state index in [1.165, 1.54) is 7.11 Å². The van der Waals surface area contributed by atoms with Gasteiger partial charge >= 0.3 is 5.97 Å². The molecular weight excluding hydrogens is 394 g/mol. The third kappa shape index (κ3) is 4.09. The number of ether oxygens (including phenoxy) is 1. The zero-order chi connectivity index (χ0) is 17.7. The van der Waals surface area contributed by atoms with E-state index in [1.54, 1.807) is 25.2 Å². The van der Waals surface area contributed by atoms with E-state index in [-0.39, 0.29) is 5.92 Å². The molecule has 6 heteroatoms. The highest BCUT2D eigenvalue weighted by Gasteiger charge is 2.34. The van der Waals surface area contributed by atoms with E-state index in [0.29, 0.717) is 22.9 Å². The lowest BCUT2D eigenvalue weighted by atomic mass is 9.81. The fraction of sp³-hybridized carbons (Fsp3) is 0.278. The first-order chi connectivity index (χ1) is 11.5. The lowest BCUT2D eigenvalue weighted by molar-refractivity contribution is -0.139. The van der Waals surface area contributed by atoms with Crippen LogP contribution in [-0.2, 0) is 4.79 Å². The van der Waals surface area contributed by atoms with Crippen molar-refractivity contribution in [2.24, 2.45) is 0 Å². The topological polar surface area (TPSA) is 58.6 Å². The first-order valence-corrected chi connectivity index (χ1v) is 8.62. The van der Waals surface area contributed by atoms with Crippen molar-refractivity contribution in [3.8, 4) is 5.75 Å². The average Bonchev–Trinajstić information content (AvgIpc) is 2.55. The normalized spacial score (nSPS) is 13.3. The van der Waals surface area contributed by atoms with E-state index >= 15 is 0 Å². The second-order valence-electron chi connectivity index (χ2n) is 5.39. The number of likely N-dealkylation sites (N-methyl/N-ethyl adjacent to an activating group) is 1. The summed E-state index contributed by atoms with van der Waals surface area (Å²) < 4.78 is 6.24. The highest BCUT2D eigenvalue weighted by Crippen LogP contribution is 2.40. The van der Waals surface area contributed by atoms with Gasteiger partial charge in [0.05, 0.1) is 13.0 Å². The molecule has 0 amide bonds. The van der Waals surface area contributed by atoms with Gasteiger partial charge in [-0.2, -0.15) is 0 Å². The fourth-order valence-electron chi connectivity index (χ4n) is 2.87. The summed E-state index contributed by atoms with van der Waals surface area (Å²) in [5, 5.41) is 13.5. The Labute approximate surface area is 154 Å². The van der Waals surface area contributed by atoms with Crippen molar-refractivity contribution in [2.45, 2.75) is 11.8 Å². The molecule has 0 aliphatic heterocycles. The summed E-state index contributed by atoms with van der Waals surface area (Å²) in [5.41, 5.74) is 1.48. The molecule has 0 radical (unpaired) electrons. The molecule has 0 unspecified atom stereocenters. The third-order valence-corrected chi connectivity index (χ3v) is 4.88. The van der Waals surface area contributed by atoms with E-state index in [1.807, 2.05) is 24.3 Å². The van der Waals surface area contributed by atoms with Crippen LogP contribution in [0, 0.1) is 0 Å². The van der Waals surface area contributed by atoms with Crippen LogP contribution < -0.4 is 10.1 Å². The summed E-state index contributed by atoms with van der Waals surface area (Å²) in [6.07, 6.45) is 0. The number of halogens is 2. The molecule has 0 aliphatic rings. The van der Waals surface area contributed by atoms with Crippen LogP contribution in [0.25, 0.3) is 0 Å². The molecule has 0 aliphatic carbocycles. The van der Waals surface area contributed by atoms with E-state index < -0.39 is 11.9 Å². The van der Waals surface area contributed by atoms with Crippen molar-refractivity contribution < 1.29 is 14.6 Å². The first-order valence-electron chi connectivity index (χ1n) is 7.44. The molecular formula is C18H19BrClNO3. The van der Waals surface area contributed by atoms with E-state index in [9.17, 15) is 9.90 Å². The summed E-state index contributed by atoms with van der Waals surface area (Å²) in [6, 6.07) is 12.7. The Bertz CT molecular complexity index is 723. The van der Waals surface area contributed by atoms with Crippen LogP contribution in [0.5, 0.6) is 5.75 Å². The molecule has 0 bridgehead atoms. The minimum atomic E-state index is -0.924. The quantitative estimate of drug-likeness (QED) is 0.712. The molecule has 0 fully saturated rings. The maximum atomic E-state index is 12.1. The summed E-state index contributed by atoms with van der Waals surface area (Å²) in [4.78, 5) is 12.1. The summed E-state index contributed by atoms with van der Waals surface area (Å²) in [6.45, 7) is 0.495. The van der Waals surface area contributed by atoms with Crippen molar-refractivity contribution in [3.05, 3.63) is 63.1 Å². The molecule has 2 rings (SSSR count). The van der Waals surface area contributed by atoms with Gasteiger partial charge in [-0.3, -0.25) is 4.79 Å². The number of carboxylic acids is 1. The Balaban J connectivity index is 2.61. The van der Waals surface area contributed by atoms with Crippen LogP contribution in [0.3, 0.4) is 0 Å². The molecule has 2 N–H and O–H groups in total. The van der Waals surface area contributed by atoms with Crippen LogP contribution in [0.1, 0.15) is 23.0 Å². The molecule has 0 spiro atoms. The number of carbonyl (C=O) groups is 1. The van der Waals surface area contributed by atoms with Gasteiger partial charge in [0.25, 0.3) is 0 Å². The Morgan fingerprint density at radius 1 is 1.29 bits per heavy atom. The second-order valence-corrected chi connectivity index (χ2v) is 6.68. The number of benzene rings is 2. The number of carboxylic acid groups (broad SMARTS) is 1. The molecule has 0 aromatic heterocycles. The Hall–Kier alpha value is -1.56. The number of hydrogen-bond acceptors (Lipinski definition) is 3. The summed E-state index contributed by atoms with van der Waals surface area (Å²) >= 11 is 9.64. The highest BCUT2D eigenvalue weighted by atomic mass is 79.9. The van der Waals surface area contributed by atoms with Crippen molar-refractivity contribution in [2.75, 3.05) is 20.7 Å². The minimum Gasteiger partial charge on any atom is -0.496 e. The van der Waals surface area contributed by atoms with Gasteiger partial charge in [0, 0.05) is 27.5 Å². The largest absolute Gasteiger partial charge is 0.496 e. The minimum absolute atomic E-state index is 0.296. The third-order valence-electron chi connectivity index (χ3n) is 3.92. The standard InChI is InChI=1S/C18H19BrClNO3/c1-21-10-14(12-5-3-4-6-15(12)19)17(18(22)23)13-9-11(20)7-8-16(13)24-2/h3-9,14,17,21H,10H2,1-2H3,(H,22,23)/t14-,17-/m0/s1. The van der Waals surface area contributed by atoms with E-state index in [2.05, 4.69) is 21.2 Å². The maximum absolute atomic E-state index is 12.1. The van der Waals surface area contributed by atoms with Crippen LogP contribution in [-0.4, -0.2) is 31.8 Å². The van der Waals surface area contributed by atoms with Gasteiger partial charge in [-0.15, -0.1) is 0 Å². The predicted molar refractivity (Wildman–Crippen MR) is 99.2 cm³/mol. The van der Waals surface area contributed by atoms with Gasteiger partial charge in [0.2, 0.25) is 0 Å². The molecule has 4 nitrogen and oxygen atoms in total. The Morgan fingerprint density at radius 3 is 2.58 bits per heavy atom. The number of aliphatic carboxylic acids is 1. The Morgan fingerprint density at radius 2 is 2.00 bits per heavy atom. The smallest absolute Gasteiger partial charge is 0.311 e. The van der Waals surface area contributed by atoms with Gasteiger partial charge < -0.3 is 15.2 Å². The van der Waals surface area contributed by atoms with E-state index in [0.717, 1.165) is 10.0 Å². The molecule has 2 aromatic rings. The molecule has 2 aromatic carbocycles. The zero-order valence-electron chi connectivity index (χ0n) is 13.4. The van der Waals surface area contributed by atoms with Crippen molar-refractivity contribution in [1.82, 2.24) is 5.32 Å². The van der Waals surface area contributed by atoms with Crippen LogP contribution in [0.15, 0.2) is 46.9 Å². The van der Waals surface area contributed by atoms with Gasteiger partial charge in [-0.05, 0) is 36.9 Å². The maximum Gasteiger partial charge on any atom is 0.311 e. The fourth-order valence-corrected chi connectivity index (χ4v) is 3.63. The van der Waals surface area contributed by atoms with Gasteiger partial charge in [-0.25, -0.2) is 0 Å². The van der Waals surface area contributed by atoms with E-state index in [4.69, 9.17) is 16.3 Å². The van der Waals surface area contributed by atoms with Crippen molar-refractivity contribution >= 4 is 33.5 Å². The van der Waals surface area contributed by atoms with Crippen LogP contribution in [0.2, 0.25) is 5.02 Å². The number of rotatable bonds is 7. The molecule has 2 atom stereocenters. The van der Waals surface area contributed by atoms with Gasteiger partial charge in [-0.1, -0.05) is 45.7 Å². The number of nitrogens with one attached hydrogen (secondary N) is 1. The summed E-state index contributed by atoms with van der Waals surface area (Å²) in [5.74, 6) is -1.51. The molecule has 128 valence electrons. The SMILES string of the molecule is CNC[C@@H](c1ccccc1Br)[C@@H](C(=O)O)c1cc(Cl)ccc1OC. The monoisotopic (exact) mass is 411 g/mol. The summed E-state index contributed by atoms with van der Waals surface area (Å²) in [7, 11) is 3.33. The zero-order valence-corrected chi connectivity index (χ0v) is 15.8. The highest BCUT2D eigenvalue weighted by molar-refractivity contribution is 9.10. The lowest BCUT2D eigenvalue weighted by Crippen LogP contribution is -2.28.